The molecule has 0 amide bonds. The first-order valence-electron chi connectivity index (χ1n) is 5.50. The van der Waals surface area contributed by atoms with Crippen LogP contribution in [0.2, 0.25) is 0 Å². The van der Waals surface area contributed by atoms with Gasteiger partial charge in [0.1, 0.15) is 18.3 Å². The largest absolute Gasteiger partial charge is 0.388 e. The van der Waals surface area contributed by atoms with Crippen LogP contribution >= 0.6 is 0 Å². The van der Waals surface area contributed by atoms with Crippen molar-refractivity contribution in [3.63, 3.8) is 0 Å². The predicted molar refractivity (Wildman–Crippen MR) is 57.7 cm³/mol. The first-order chi connectivity index (χ1) is 7.32. The summed E-state index contributed by atoms with van der Waals surface area (Å²) < 4.78 is 10.7. The molecule has 2 saturated heterocycles. The molecule has 2 rings (SSSR count). The van der Waals surface area contributed by atoms with Crippen LogP contribution in [-0.2, 0) is 9.47 Å². The second kappa shape index (κ2) is 3.71. The topological polar surface area (TPSA) is 58.9 Å². The molecule has 2 heterocycles. The molecule has 0 bridgehead atoms. The molecule has 0 radical (unpaired) electrons. The molecule has 16 heavy (non-hydrogen) atoms. The van der Waals surface area contributed by atoms with Crippen LogP contribution in [0.15, 0.2) is 0 Å². The van der Waals surface area contributed by atoms with Crippen molar-refractivity contribution in [1.82, 2.24) is 0 Å². The minimum absolute atomic E-state index is 0.0997. The molecular weight excluding hydrogens is 208 g/mol. The van der Waals surface area contributed by atoms with Gasteiger partial charge in [0.05, 0.1) is 13.2 Å². The Hall–Kier alpha value is -0.600. The molecule has 4 nitrogen and oxygen atoms in total. The fraction of sp³-hybridized carbons (Fsp3) is 0.833. The van der Waals surface area contributed by atoms with Crippen LogP contribution < -0.4 is 0 Å². The van der Waals surface area contributed by atoms with Crippen LogP contribution in [0.4, 0.5) is 0 Å². The van der Waals surface area contributed by atoms with E-state index in [1.165, 1.54) is 0 Å². The number of ether oxygens (including phenoxy) is 2. The van der Waals surface area contributed by atoms with Gasteiger partial charge >= 0.3 is 0 Å². The highest BCUT2D eigenvalue weighted by molar-refractivity contribution is 5.24. The zero-order valence-electron chi connectivity index (χ0n) is 9.86. The predicted octanol–water partition coefficient (Wildman–Crippen LogP) is -0.0745. The minimum Gasteiger partial charge on any atom is -0.388 e. The number of fused-ring (bicyclic) bond motifs is 1. The van der Waals surface area contributed by atoms with Gasteiger partial charge in [-0.2, -0.15) is 0 Å². The van der Waals surface area contributed by atoms with Crippen LogP contribution in [0.5, 0.6) is 0 Å². The van der Waals surface area contributed by atoms with Gasteiger partial charge in [-0.15, -0.1) is 0 Å². The van der Waals surface area contributed by atoms with Crippen molar-refractivity contribution in [3.05, 3.63) is 0 Å². The average molecular weight is 226 g/mol. The van der Waals surface area contributed by atoms with E-state index in [4.69, 9.17) is 9.47 Å². The Morgan fingerprint density at radius 3 is 2.62 bits per heavy atom. The Labute approximate surface area is 95.6 Å². The molecule has 0 unspecified atom stereocenters. The highest BCUT2D eigenvalue weighted by Crippen LogP contribution is 2.34. The lowest BCUT2D eigenvalue weighted by atomic mass is 9.92. The van der Waals surface area contributed by atoms with Crippen LogP contribution in [0, 0.1) is 17.3 Å². The maximum Gasteiger partial charge on any atom is 0.177 e. The van der Waals surface area contributed by atoms with Gasteiger partial charge in [-0.1, -0.05) is 11.8 Å². The second-order valence-corrected chi connectivity index (χ2v) is 5.52. The van der Waals surface area contributed by atoms with Gasteiger partial charge in [0.25, 0.3) is 0 Å². The number of rotatable bonds is 0. The van der Waals surface area contributed by atoms with Crippen LogP contribution in [-0.4, -0.2) is 47.3 Å². The van der Waals surface area contributed by atoms with Crippen LogP contribution in [0.1, 0.15) is 20.8 Å². The van der Waals surface area contributed by atoms with E-state index in [9.17, 15) is 10.2 Å². The number of aliphatic hydroxyl groups is 2. The first kappa shape index (κ1) is 11.9. The molecule has 2 aliphatic rings. The van der Waals surface area contributed by atoms with Gasteiger partial charge in [-0.25, -0.2) is 0 Å². The van der Waals surface area contributed by atoms with Gasteiger partial charge in [-0.3, -0.25) is 0 Å². The lowest BCUT2D eigenvalue weighted by molar-refractivity contribution is -0.0329. The molecule has 0 spiro atoms. The summed E-state index contributed by atoms with van der Waals surface area (Å²) in [5, 5.41) is 19.9. The monoisotopic (exact) mass is 226 g/mol. The van der Waals surface area contributed by atoms with E-state index in [1.807, 2.05) is 20.8 Å². The highest BCUT2D eigenvalue weighted by Gasteiger charge is 2.55. The molecule has 0 aromatic carbocycles. The van der Waals surface area contributed by atoms with E-state index in [-0.39, 0.29) is 18.6 Å². The molecule has 0 aliphatic carbocycles. The highest BCUT2D eigenvalue weighted by atomic mass is 16.6. The fourth-order valence-electron chi connectivity index (χ4n) is 1.91. The molecular formula is C12H18O4. The Bertz CT molecular complexity index is 335. The van der Waals surface area contributed by atoms with Crippen molar-refractivity contribution in [3.8, 4) is 11.8 Å². The fourth-order valence-corrected chi connectivity index (χ4v) is 1.91. The molecule has 2 aliphatic heterocycles. The molecule has 2 N–H and O–H groups in total. The first-order valence-corrected chi connectivity index (χ1v) is 5.50. The molecule has 4 atom stereocenters. The van der Waals surface area contributed by atoms with Crippen molar-refractivity contribution >= 4 is 0 Å². The van der Waals surface area contributed by atoms with Crippen LogP contribution in [0.25, 0.3) is 0 Å². The van der Waals surface area contributed by atoms with Gasteiger partial charge in [-0.05, 0) is 20.8 Å². The Morgan fingerprint density at radius 1 is 1.31 bits per heavy atom. The Kier molecular flexibility index (Phi) is 2.75. The van der Waals surface area contributed by atoms with E-state index in [0.29, 0.717) is 0 Å². The third-order valence-corrected chi connectivity index (χ3v) is 2.74. The molecule has 4 heteroatoms. The van der Waals surface area contributed by atoms with Crippen molar-refractivity contribution in [2.24, 2.45) is 5.41 Å². The molecule has 0 aromatic rings. The normalized spacial score (nSPS) is 42.7. The van der Waals surface area contributed by atoms with Crippen LogP contribution in [0.3, 0.4) is 0 Å². The van der Waals surface area contributed by atoms with Gasteiger partial charge in [0.2, 0.25) is 0 Å². The van der Waals surface area contributed by atoms with E-state index < -0.39 is 23.9 Å². The quantitative estimate of drug-likeness (QED) is 0.567. The summed E-state index contributed by atoms with van der Waals surface area (Å²) in [6, 6.07) is 0. The third-order valence-electron chi connectivity index (χ3n) is 2.74. The lowest BCUT2D eigenvalue weighted by Gasteiger charge is -2.21. The number of aliphatic hydroxyl groups excluding tert-OH is 1. The second-order valence-electron chi connectivity index (χ2n) is 5.52. The summed E-state index contributed by atoms with van der Waals surface area (Å²) in [5.41, 5.74) is -1.46. The van der Waals surface area contributed by atoms with E-state index in [1.54, 1.807) is 0 Å². The number of hydrogen-bond acceptors (Lipinski definition) is 4. The summed E-state index contributed by atoms with van der Waals surface area (Å²) in [6.45, 7) is 6.22. The number of hydrogen-bond donors (Lipinski definition) is 2. The van der Waals surface area contributed by atoms with Gasteiger partial charge in [0.15, 0.2) is 5.60 Å². The van der Waals surface area contributed by atoms with E-state index >= 15 is 0 Å². The zero-order valence-corrected chi connectivity index (χ0v) is 9.86. The molecule has 2 fully saturated rings. The minimum atomic E-state index is -1.28. The van der Waals surface area contributed by atoms with Crippen molar-refractivity contribution in [2.75, 3.05) is 13.2 Å². The summed E-state index contributed by atoms with van der Waals surface area (Å²) >= 11 is 0. The maximum atomic E-state index is 10.3. The summed E-state index contributed by atoms with van der Waals surface area (Å²) in [6.07, 6.45) is -1.63. The maximum absolute atomic E-state index is 10.3. The third kappa shape index (κ3) is 2.09. The van der Waals surface area contributed by atoms with E-state index in [0.717, 1.165) is 0 Å². The molecule has 0 saturated carbocycles. The molecule has 0 aromatic heterocycles. The summed E-state index contributed by atoms with van der Waals surface area (Å²) in [7, 11) is 0. The smallest absolute Gasteiger partial charge is 0.177 e. The summed E-state index contributed by atoms with van der Waals surface area (Å²) in [5.74, 6) is 5.82. The van der Waals surface area contributed by atoms with Gasteiger partial charge < -0.3 is 19.7 Å². The SMILES string of the molecule is CC(C)(C)C#C[C@@]1(O)CO[C@@H]2[C@@H](O)CO[C@@H]21. The van der Waals surface area contributed by atoms with Crippen molar-refractivity contribution in [2.45, 2.75) is 44.7 Å². The standard InChI is InChI=1S/C12H18O4/c1-11(2,3)4-5-12(14)7-16-9-8(13)6-15-10(9)12/h8-10,13-14H,6-7H2,1-3H3/t8-,9+,10-,12+/m0/s1. The molecule has 90 valence electrons. The van der Waals surface area contributed by atoms with Crippen molar-refractivity contribution in [1.29, 1.82) is 0 Å². The average Bonchev–Trinajstić information content (AvgIpc) is 2.67. The summed E-state index contributed by atoms with van der Waals surface area (Å²) in [4.78, 5) is 0. The lowest BCUT2D eigenvalue weighted by Crippen LogP contribution is -2.42. The Morgan fingerprint density at radius 2 is 2.00 bits per heavy atom. The zero-order chi connectivity index (χ0) is 12.0. The van der Waals surface area contributed by atoms with Gasteiger partial charge in [0, 0.05) is 5.41 Å². The van der Waals surface area contributed by atoms with E-state index in [2.05, 4.69) is 11.8 Å². The Balaban J connectivity index is 2.17. The van der Waals surface area contributed by atoms with Crippen molar-refractivity contribution < 1.29 is 19.7 Å².